The van der Waals surface area contributed by atoms with Crippen molar-refractivity contribution in [3.63, 3.8) is 0 Å². The summed E-state index contributed by atoms with van der Waals surface area (Å²) in [4.78, 5) is 25.5. The summed E-state index contributed by atoms with van der Waals surface area (Å²) in [5, 5.41) is 13.9. The molecule has 35 heavy (non-hydrogen) atoms. The molecule has 3 fully saturated rings. The van der Waals surface area contributed by atoms with Crippen LogP contribution < -0.4 is 10.9 Å². The summed E-state index contributed by atoms with van der Waals surface area (Å²) >= 11 is 0. The normalized spacial score (nSPS) is 23.4. The third-order valence-electron chi connectivity index (χ3n) is 7.73. The number of nitrogens with one attached hydrogen (secondary N) is 1. The highest BCUT2D eigenvalue weighted by Crippen LogP contribution is 2.57. The predicted octanol–water partition coefficient (Wildman–Crippen LogP) is 5.90. The molecule has 0 bridgehead atoms. The number of amides is 1. The molecule has 0 radical (unpaired) electrons. The van der Waals surface area contributed by atoms with Gasteiger partial charge in [-0.25, -0.2) is 9.59 Å². The smallest absolute Gasteiger partial charge is 0.407 e. The van der Waals surface area contributed by atoms with Crippen LogP contribution in [0.5, 0.6) is 5.75 Å². The van der Waals surface area contributed by atoms with Crippen LogP contribution in [-0.4, -0.2) is 22.8 Å². The molecule has 5 rings (SSSR count). The Morgan fingerprint density at radius 3 is 2.54 bits per heavy atom. The quantitative estimate of drug-likeness (QED) is 0.467. The molecule has 3 aliphatic rings. The molecular formula is C29H37NO5. The number of hydrogen-bond acceptors (Lipinski definition) is 5. The lowest BCUT2D eigenvalue weighted by Crippen LogP contribution is -2.35. The van der Waals surface area contributed by atoms with E-state index in [0.717, 1.165) is 17.9 Å². The Morgan fingerprint density at radius 2 is 1.94 bits per heavy atom. The standard InChI is InChI=1S/C29H37NO5/c1-28(2,3)35-27(33)30-22-16-21(22)24(19-7-5-4-6-8-19)25-23(31)15-20(34-26(25)32)11-12-29(13-14-29)17-18-9-10-18/h4-8,15,18,21-22,24,31H,9-14,16-17H2,1-3H3,(H,30,33). The summed E-state index contributed by atoms with van der Waals surface area (Å²) in [7, 11) is 0. The molecule has 2 N–H and O–H groups in total. The van der Waals surface area contributed by atoms with Gasteiger partial charge in [-0.3, -0.25) is 0 Å². The lowest BCUT2D eigenvalue weighted by Gasteiger charge is -2.21. The summed E-state index contributed by atoms with van der Waals surface area (Å²) in [5.41, 5.74) is 0.555. The van der Waals surface area contributed by atoms with Gasteiger partial charge in [-0.1, -0.05) is 43.2 Å². The molecule has 6 nitrogen and oxygen atoms in total. The Bertz CT molecular complexity index is 1120. The van der Waals surface area contributed by atoms with E-state index in [1.807, 2.05) is 51.1 Å². The fourth-order valence-corrected chi connectivity index (χ4v) is 5.50. The zero-order valence-electron chi connectivity index (χ0n) is 21.0. The molecular weight excluding hydrogens is 442 g/mol. The summed E-state index contributed by atoms with van der Waals surface area (Å²) in [6, 6.07) is 11.2. The largest absolute Gasteiger partial charge is 0.507 e. The highest BCUT2D eigenvalue weighted by atomic mass is 16.6. The molecule has 3 saturated carbocycles. The number of benzene rings is 1. The first-order chi connectivity index (χ1) is 16.6. The van der Waals surface area contributed by atoms with Crippen molar-refractivity contribution in [3.05, 3.63) is 63.7 Å². The zero-order valence-corrected chi connectivity index (χ0v) is 21.0. The van der Waals surface area contributed by atoms with Crippen LogP contribution in [0, 0.1) is 17.3 Å². The first-order valence-corrected chi connectivity index (χ1v) is 13.0. The van der Waals surface area contributed by atoms with E-state index in [4.69, 9.17) is 9.15 Å². The van der Waals surface area contributed by atoms with Crippen LogP contribution in [0.15, 0.2) is 45.6 Å². The Hall–Kier alpha value is -2.76. The molecule has 1 heterocycles. The van der Waals surface area contributed by atoms with Crippen molar-refractivity contribution in [3.8, 4) is 5.75 Å². The summed E-state index contributed by atoms with van der Waals surface area (Å²) in [5.74, 6) is 1.04. The SMILES string of the molecule is CC(C)(C)OC(=O)NC1CC1C(c1ccccc1)c1c(O)cc(CCC2(CC3CC3)CC2)oc1=O. The van der Waals surface area contributed by atoms with Gasteiger partial charge in [0.1, 0.15) is 17.1 Å². The minimum absolute atomic E-state index is 0.0138. The second kappa shape index (κ2) is 9.03. The van der Waals surface area contributed by atoms with Crippen LogP contribution >= 0.6 is 0 Å². The maximum atomic E-state index is 13.2. The second-order valence-electron chi connectivity index (χ2n) is 12.0. The Kier molecular flexibility index (Phi) is 6.18. The lowest BCUT2D eigenvalue weighted by atomic mass is 9.87. The third-order valence-corrected chi connectivity index (χ3v) is 7.73. The molecule has 0 aliphatic heterocycles. The molecule has 1 aromatic heterocycles. The maximum absolute atomic E-state index is 13.2. The molecule has 188 valence electrons. The maximum Gasteiger partial charge on any atom is 0.407 e. The summed E-state index contributed by atoms with van der Waals surface area (Å²) in [6.45, 7) is 5.47. The lowest BCUT2D eigenvalue weighted by molar-refractivity contribution is 0.0520. The van der Waals surface area contributed by atoms with Crippen molar-refractivity contribution in [2.75, 3.05) is 0 Å². The Labute approximate surface area is 207 Å². The van der Waals surface area contributed by atoms with Crippen LogP contribution in [0.2, 0.25) is 0 Å². The van der Waals surface area contributed by atoms with E-state index in [0.29, 0.717) is 24.0 Å². The zero-order chi connectivity index (χ0) is 24.8. The van der Waals surface area contributed by atoms with Crippen molar-refractivity contribution in [1.82, 2.24) is 5.32 Å². The van der Waals surface area contributed by atoms with Gasteiger partial charge in [0.2, 0.25) is 0 Å². The monoisotopic (exact) mass is 479 g/mol. The average Bonchev–Trinajstić information content (AvgIpc) is 3.65. The average molecular weight is 480 g/mol. The molecule has 2 aromatic rings. The van der Waals surface area contributed by atoms with Crippen LogP contribution in [0.3, 0.4) is 0 Å². The van der Waals surface area contributed by atoms with E-state index in [1.165, 1.54) is 32.1 Å². The number of aryl methyl sites for hydroxylation is 1. The second-order valence-corrected chi connectivity index (χ2v) is 12.0. The van der Waals surface area contributed by atoms with Crippen molar-refractivity contribution in [1.29, 1.82) is 0 Å². The van der Waals surface area contributed by atoms with Gasteiger partial charge in [-0.2, -0.15) is 0 Å². The molecule has 3 aliphatic carbocycles. The van der Waals surface area contributed by atoms with Gasteiger partial charge in [0.25, 0.3) is 0 Å². The van der Waals surface area contributed by atoms with E-state index >= 15 is 0 Å². The minimum atomic E-state index is -0.583. The molecule has 3 unspecified atom stereocenters. The number of alkyl carbamates (subject to hydrolysis) is 1. The number of carbonyl (C=O) groups excluding carboxylic acids is 1. The molecule has 0 spiro atoms. The number of hydrogen-bond donors (Lipinski definition) is 2. The van der Waals surface area contributed by atoms with Crippen molar-refractivity contribution in [2.45, 2.75) is 89.7 Å². The van der Waals surface area contributed by atoms with Crippen LogP contribution in [0.1, 0.15) is 88.5 Å². The highest BCUT2D eigenvalue weighted by Gasteiger charge is 2.48. The fraction of sp³-hybridized carbons (Fsp3) is 0.586. The van der Waals surface area contributed by atoms with Crippen LogP contribution in [-0.2, 0) is 11.2 Å². The van der Waals surface area contributed by atoms with Crippen molar-refractivity contribution < 1.29 is 19.1 Å². The van der Waals surface area contributed by atoms with Crippen LogP contribution in [0.25, 0.3) is 0 Å². The molecule has 6 heteroatoms. The Balaban J connectivity index is 1.33. The molecule has 1 amide bonds. The van der Waals surface area contributed by atoms with E-state index in [9.17, 15) is 14.7 Å². The fourth-order valence-electron chi connectivity index (χ4n) is 5.50. The highest BCUT2D eigenvalue weighted by molar-refractivity contribution is 5.68. The van der Waals surface area contributed by atoms with E-state index in [1.54, 1.807) is 6.07 Å². The minimum Gasteiger partial charge on any atom is -0.507 e. The van der Waals surface area contributed by atoms with Gasteiger partial charge in [0.15, 0.2) is 0 Å². The summed E-state index contributed by atoms with van der Waals surface area (Å²) in [6.07, 6.45) is 8.47. The Morgan fingerprint density at radius 1 is 1.23 bits per heavy atom. The van der Waals surface area contributed by atoms with Gasteiger partial charge in [0.05, 0.1) is 5.56 Å². The van der Waals surface area contributed by atoms with Gasteiger partial charge in [-0.15, -0.1) is 0 Å². The molecule has 3 atom stereocenters. The first-order valence-electron chi connectivity index (χ1n) is 13.0. The van der Waals surface area contributed by atoms with E-state index in [-0.39, 0.29) is 29.2 Å². The van der Waals surface area contributed by atoms with Crippen molar-refractivity contribution in [2.24, 2.45) is 17.3 Å². The number of ether oxygens (including phenoxy) is 1. The van der Waals surface area contributed by atoms with E-state index < -0.39 is 17.3 Å². The number of aromatic hydroxyl groups is 1. The van der Waals surface area contributed by atoms with Gasteiger partial charge in [-0.05, 0) is 75.7 Å². The van der Waals surface area contributed by atoms with Gasteiger partial charge < -0.3 is 19.6 Å². The first kappa shape index (κ1) is 24.0. The molecule has 1 aromatic carbocycles. The van der Waals surface area contributed by atoms with Crippen LogP contribution in [0.4, 0.5) is 4.79 Å². The van der Waals surface area contributed by atoms with Gasteiger partial charge >= 0.3 is 11.7 Å². The van der Waals surface area contributed by atoms with E-state index in [2.05, 4.69) is 5.32 Å². The third kappa shape index (κ3) is 5.91. The van der Waals surface area contributed by atoms with Crippen molar-refractivity contribution >= 4 is 6.09 Å². The number of carbonyl (C=O) groups is 1. The summed E-state index contributed by atoms with van der Waals surface area (Å²) < 4.78 is 11.2. The number of rotatable bonds is 9. The van der Waals surface area contributed by atoms with Gasteiger partial charge in [0, 0.05) is 24.4 Å². The topological polar surface area (TPSA) is 88.8 Å². The predicted molar refractivity (Wildman–Crippen MR) is 134 cm³/mol. The molecule has 0 saturated heterocycles.